The van der Waals surface area contributed by atoms with Gasteiger partial charge in [0.1, 0.15) is 0 Å². The van der Waals surface area contributed by atoms with Gasteiger partial charge >= 0.3 is 5.97 Å². The van der Waals surface area contributed by atoms with Crippen molar-refractivity contribution in [1.82, 2.24) is 4.57 Å². The van der Waals surface area contributed by atoms with Crippen LogP contribution in [0.2, 0.25) is 0 Å². The van der Waals surface area contributed by atoms with Crippen molar-refractivity contribution in [2.24, 2.45) is 0 Å². The van der Waals surface area contributed by atoms with Gasteiger partial charge in [0.05, 0.1) is 5.56 Å². The van der Waals surface area contributed by atoms with Crippen LogP contribution in [0.25, 0.3) is 0 Å². The van der Waals surface area contributed by atoms with Crippen molar-refractivity contribution < 1.29 is 9.90 Å². The van der Waals surface area contributed by atoms with Crippen LogP contribution in [0.3, 0.4) is 0 Å². The zero-order valence-corrected chi connectivity index (χ0v) is 11.6. The van der Waals surface area contributed by atoms with E-state index in [-0.39, 0.29) is 6.04 Å². The van der Waals surface area contributed by atoms with Crippen LogP contribution in [0.1, 0.15) is 39.6 Å². The highest BCUT2D eigenvalue weighted by atomic mass is 32.1. The molecule has 0 radical (unpaired) electrons. The molecule has 0 bridgehead atoms. The molecule has 0 aliphatic rings. The third kappa shape index (κ3) is 2.34. The van der Waals surface area contributed by atoms with E-state index in [0.717, 1.165) is 17.8 Å². The summed E-state index contributed by atoms with van der Waals surface area (Å²) in [6.45, 7) is 5.97. The van der Waals surface area contributed by atoms with Gasteiger partial charge in [-0.15, -0.1) is 11.3 Å². The van der Waals surface area contributed by atoms with E-state index in [0.29, 0.717) is 5.56 Å². The number of aromatic nitrogens is 1. The van der Waals surface area contributed by atoms with E-state index in [1.165, 1.54) is 4.88 Å². The number of thiophene rings is 1. The quantitative estimate of drug-likeness (QED) is 0.914. The molecule has 18 heavy (non-hydrogen) atoms. The van der Waals surface area contributed by atoms with Gasteiger partial charge in [-0.25, -0.2) is 4.79 Å². The lowest BCUT2D eigenvalue weighted by molar-refractivity contribution is 0.0696. The Balaban J connectivity index is 2.30. The molecule has 0 aromatic carbocycles. The molecule has 3 nitrogen and oxygen atoms in total. The number of hydrogen-bond acceptors (Lipinski definition) is 2. The van der Waals surface area contributed by atoms with Gasteiger partial charge < -0.3 is 9.67 Å². The second-order valence-corrected chi connectivity index (χ2v) is 5.62. The van der Waals surface area contributed by atoms with Crippen molar-refractivity contribution in [1.29, 1.82) is 0 Å². The lowest BCUT2D eigenvalue weighted by Crippen LogP contribution is -2.11. The summed E-state index contributed by atoms with van der Waals surface area (Å²) in [5.74, 6) is -0.849. The van der Waals surface area contributed by atoms with E-state index < -0.39 is 5.97 Å². The van der Waals surface area contributed by atoms with Crippen LogP contribution < -0.4 is 0 Å². The summed E-state index contributed by atoms with van der Waals surface area (Å²) < 4.78 is 2.11. The minimum atomic E-state index is -0.849. The van der Waals surface area contributed by atoms with E-state index in [4.69, 9.17) is 5.11 Å². The number of carboxylic acids is 1. The Morgan fingerprint density at radius 2 is 2.22 bits per heavy atom. The molecular weight excluding hydrogens is 246 g/mol. The summed E-state index contributed by atoms with van der Waals surface area (Å²) >= 11 is 1.74. The first-order chi connectivity index (χ1) is 8.50. The molecule has 0 fully saturated rings. The molecule has 4 heteroatoms. The van der Waals surface area contributed by atoms with Gasteiger partial charge in [-0.3, -0.25) is 0 Å². The van der Waals surface area contributed by atoms with Crippen molar-refractivity contribution in [2.75, 3.05) is 0 Å². The second-order valence-electron chi connectivity index (χ2n) is 4.59. The van der Waals surface area contributed by atoms with E-state index in [1.807, 2.05) is 19.9 Å². The Bertz CT molecular complexity index is 555. The Labute approximate surface area is 111 Å². The summed E-state index contributed by atoms with van der Waals surface area (Å²) in [4.78, 5) is 12.4. The highest BCUT2D eigenvalue weighted by molar-refractivity contribution is 7.09. The monoisotopic (exact) mass is 263 g/mol. The summed E-state index contributed by atoms with van der Waals surface area (Å²) in [5.41, 5.74) is 2.25. The fourth-order valence-electron chi connectivity index (χ4n) is 2.48. The third-order valence-electron chi connectivity index (χ3n) is 3.23. The van der Waals surface area contributed by atoms with Gasteiger partial charge in [0.15, 0.2) is 0 Å². The minimum Gasteiger partial charge on any atom is -0.478 e. The van der Waals surface area contributed by atoms with Crippen molar-refractivity contribution >= 4 is 17.3 Å². The number of carbonyl (C=O) groups is 1. The molecule has 1 N–H and O–H groups in total. The second kappa shape index (κ2) is 4.98. The van der Waals surface area contributed by atoms with Crippen molar-refractivity contribution in [2.45, 2.75) is 33.2 Å². The maximum atomic E-state index is 11.1. The van der Waals surface area contributed by atoms with Crippen LogP contribution in [0.5, 0.6) is 0 Å². The summed E-state index contributed by atoms with van der Waals surface area (Å²) in [7, 11) is 0. The molecule has 1 atom stereocenters. The Hall–Kier alpha value is -1.55. The molecular formula is C14H17NO2S. The van der Waals surface area contributed by atoms with Crippen LogP contribution in [-0.2, 0) is 6.42 Å². The molecule has 0 saturated heterocycles. The number of hydrogen-bond donors (Lipinski definition) is 1. The minimum absolute atomic E-state index is 0.275. The fourth-order valence-corrected chi connectivity index (χ4v) is 3.31. The lowest BCUT2D eigenvalue weighted by atomic mass is 10.2. The molecule has 2 aromatic rings. The van der Waals surface area contributed by atoms with Gasteiger partial charge in [0.25, 0.3) is 0 Å². The van der Waals surface area contributed by atoms with Gasteiger partial charge in [-0.05, 0) is 38.3 Å². The largest absolute Gasteiger partial charge is 0.478 e. The first-order valence-electron chi connectivity index (χ1n) is 5.94. The van der Waals surface area contributed by atoms with E-state index in [1.54, 1.807) is 17.4 Å². The van der Waals surface area contributed by atoms with Gasteiger partial charge in [-0.2, -0.15) is 0 Å². The predicted molar refractivity (Wildman–Crippen MR) is 73.6 cm³/mol. The highest BCUT2D eigenvalue weighted by Crippen LogP contribution is 2.24. The fraction of sp³-hybridized carbons (Fsp3) is 0.357. The zero-order valence-electron chi connectivity index (χ0n) is 10.8. The van der Waals surface area contributed by atoms with Crippen LogP contribution in [0.15, 0.2) is 23.6 Å². The average molecular weight is 263 g/mol. The van der Waals surface area contributed by atoms with Crippen LogP contribution in [-0.4, -0.2) is 15.6 Å². The first kappa shape index (κ1) is 12.9. The number of nitrogens with zero attached hydrogens (tertiary/aromatic N) is 1. The van der Waals surface area contributed by atoms with Crippen LogP contribution in [0, 0.1) is 13.8 Å². The zero-order chi connectivity index (χ0) is 13.3. The average Bonchev–Trinajstić information content (AvgIpc) is 2.86. The molecule has 0 spiro atoms. The van der Waals surface area contributed by atoms with Crippen molar-refractivity contribution in [3.63, 3.8) is 0 Å². The normalized spacial score (nSPS) is 12.6. The van der Waals surface area contributed by atoms with E-state index >= 15 is 0 Å². The molecule has 0 aliphatic carbocycles. The van der Waals surface area contributed by atoms with Gasteiger partial charge in [0.2, 0.25) is 0 Å². The molecule has 0 amide bonds. The SMILES string of the molecule is Cc1cc(C(=O)O)c(C)n1C(C)Cc1cccs1. The van der Waals surface area contributed by atoms with Gasteiger partial charge in [-0.1, -0.05) is 6.07 Å². The molecule has 2 aromatic heterocycles. The Morgan fingerprint density at radius 3 is 2.72 bits per heavy atom. The van der Waals surface area contributed by atoms with Crippen LogP contribution in [0.4, 0.5) is 0 Å². The van der Waals surface area contributed by atoms with E-state index in [9.17, 15) is 4.79 Å². The van der Waals surface area contributed by atoms with Crippen molar-refractivity contribution in [3.05, 3.63) is 45.4 Å². The first-order valence-corrected chi connectivity index (χ1v) is 6.82. The molecule has 96 valence electrons. The summed E-state index contributed by atoms with van der Waals surface area (Å²) in [6, 6.07) is 6.19. The van der Waals surface area contributed by atoms with Gasteiger partial charge in [0, 0.05) is 28.7 Å². The highest BCUT2D eigenvalue weighted by Gasteiger charge is 2.18. The third-order valence-corrected chi connectivity index (χ3v) is 4.13. The molecule has 2 heterocycles. The predicted octanol–water partition coefficient (Wildman–Crippen LogP) is 3.67. The lowest BCUT2D eigenvalue weighted by Gasteiger charge is -2.17. The smallest absolute Gasteiger partial charge is 0.337 e. The van der Waals surface area contributed by atoms with Crippen molar-refractivity contribution in [3.8, 4) is 0 Å². The topological polar surface area (TPSA) is 42.2 Å². The molecule has 1 unspecified atom stereocenters. The standard InChI is InChI=1S/C14H17NO2S/c1-9(7-12-5-4-6-18-12)15-10(2)8-13(11(15)3)14(16)17/h4-6,8-9H,7H2,1-3H3,(H,16,17). The molecule has 2 rings (SSSR count). The maximum Gasteiger partial charge on any atom is 0.337 e. The Morgan fingerprint density at radius 1 is 1.50 bits per heavy atom. The number of carboxylic acid groups (broad SMARTS) is 1. The molecule has 0 aliphatic heterocycles. The maximum absolute atomic E-state index is 11.1. The number of rotatable bonds is 4. The molecule has 0 saturated carbocycles. The summed E-state index contributed by atoms with van der Waals surface area (Å²) in [5, 5.41) is 11.2. The van der Waals surface area contributed by atoms with E-state index in [2.05, 4.69) is 22.9 Å². The Kier molecular flexibility index (Phi) is 3.57. The summed E-state index contributed by atoms with van der Waals surface area (Å²) in [6.07, 6.45) is 0.938. The number of aryl methyl sites for hydroxylation is 1. The van der Waals surface area contributed by atoms with Crippen LogP contribution >= 0.6 is 11.3 Å². The number of aromatic carboxylic acids is 1.